The van der Waals surface area contributed by atoms with Gasteiger partial charge in [0.25, 0.3) is 0 Å². The lowest BCUT2D eigenvalue weighted by Crippen LogP contribution is -2.35. The van der Waals surface area contributed by atoms with Gasteiger partial charge in [0, 0.05) is 31.7 Å². The number of hydrogen-bond acceptors (Lipinski definition) is 6. The van der Waals surface area contributed by atoms with Crippen LogP contribution in [0.5, 0.6) is 0 Å². The van der Waals surface area contributed by atoms with Crippen molar-refractivity contribution in [1.29, 1.82) is 0 Å². The average molecular weight is 400 g/mol. The molecule has 6 heteroatoms. The fourth-order valence-electron chi connectivity index (χ4n) is 3.85. The van der Waals surface area contributed by atoms with Gasteiger partial charge in [-0.25, -0.2) is 0 Å². The molecule has 29 heavy (non-hydrogen) atoms. The van der Waals surface area contributed by atoms with Crippen molar-refractivity contribution in [3.63, 3.8) is 0 Å². The molecule has 0 amide bonds. The average Bonchev–Trinajstić information content (AvgIpc) is 3.39. The lowest BCUT2D eigenvalue weighted by atomic mass is 10.1. The van der Waals surface area contributed by atoms with Crippen molar-refractivity contribution in [2.24, 2.45) is 0 Å². The molecular formula is C23H33N3O3. The third-order valence-electron chi connectivity index (χ3n) is 5.14. The summed E-state index contributed by atoms with van der Waals surface area (Å²) in [6.45, 7) is 10.7. The Hall–Kier alpha value is -2.15. The first-order valence-corrected chi connectivity index (χ1v) is 10.6. The highest BCUT2D eigenvalue weighted by Crippen LogP contribution is 2.34. The number of rotatable bonds is 12. The van der Waals surface area contributed by atoms with Crippen molar-refractivity contribution in [2.75, 3.05) is 44.3 Å². The maximum absolute atomic E-state index is 10.4. The van der Waals surface area contributed by atoms with Crippen LogP contribution < -0.4 is 4.90 Å². The second-order valence-corrected chi connectivity index (χ2v) is 7.59. The summed E-state index contributed by atoms with van der Waals surface area (Å²) in [6.07, 6.45) is 4.52. The molecule has 1 N–H and O–H groups in total. The van der Waals surface area contributed by atoms with Crippen LogP contribution in [-0.4, -0.2) is 60.7 Å². The Labute approximate surface area is 173 Å². The van der Waals surface area contributed by atoms with Crippen molar-refractivity contribution in [2.45, 2.75) is 38.8 Å². The first-order chi connectivity index (χ1) is 14.2. The van der Waals surface area contributed by atoms with E-state index in [0.29, 0.717) is 26.3 Å². The van der Waals surface area contributed by atoms with Gasteiger partial charge in [0.1, 0.15) is 5.69 Å². The van der Waals surface area contributed by atoms with E-state index >= 15 is 0 Å². The van der Waals surface area contributed by atoms with E-state index in [4.69, 9.17) is 9.26 Å². The zero-order valence-corrected chi connectivity index (χ0v) is 17.4. The molecule has 1 aromatic carbocycles. The lowest BCUT2D eigenvalue weighted by molar-refractivity contribution is 0.0246. The number of anilines is 1. The van der Waals surface area contributed by atoms with E-state index in [2.05, 4.69) is 40.6 Å². The maximum Gasteiger partial charge on any atom is 0.232 e. The molecule has 1 aromatic heterocycles. The predicted molar refractivity (Wildman–Crippen MR) is 116 cm³/mol. The topological polar surface area (TPSA) is 62.0 Å². The molecule has 1 atom stereocenters. The molecule has 0 spiro atoms. The summed E-state index contributed by atoms with van der Waals surface area (Å²) in [5.74, 6) is 0.875. The highest BCUT2D eigenvalue weighted by atomic mass is 16.5. The first-order valence-electron chi connectivity index (χ1n) is 10.6. The number of aliphatic hydroxyl groups excluding tert-OH is 1. The third kappa shape index (κ3) is 5.92. The minimum Gasteiger partial charge on any atom is -0.389 e. The van der Waals surface area contributed by atoms with Crippen molar-refractivity contribution >= 4 is 5.88 Å². The molecule has 2 heterocycles. The quantitative estimate of drug-likeness (QED) is 0.434. The van der Waals surface area contributed by atoms with Gasteiger partial charge in [-0.1, -0.05) is 48.5 Å². The van der Waals surface area contributed by atoms with Crippen LogP contribution >= 0.6 is 0 Å². The molecule has 2 aromatic rings. The van der Waals surface area contributed by atoms with Gasteiger partial charge in [-0.15, -0.1) is 6.58 Å². The molecule has 1 aliphatic rings. The molecule has 0 aliphatic carbocycles. The molecule has 0 radical (unpaired) electrons. The van der Waals surface area contributed by atoms with Gasteiger partial charge in [-0.3, -0.25) is 4.90 Å². The van der Waals surface area contributed by atoms with Crippen LogP contribution in [0.3, 0.4) is 0 Å². The molecular weight excluding hydrogens is 366 g/mol. The fraction of sp³-hybridized carbons (Fsp3) is 0.522. The summed E-state index contributed by atoms with van der Waals surface area (Å²) in [6, 6.07) is 10.2. The predicted octanol–water partition coefficient (Wildman–Crippen LogP) is 3.72. The Balaban J connectivity index is 1.81. The standard InChI is InChI=1S/C23H33N3O3/c1-3-12-25(16-20(27)18-28-15-4-2)17-21-22(19-10-6-5-7-11-19)24-29-23(21)26-13-8-9-14-26/h4-7,10-11,20,27H,2-3,8-9,12-18H2,1H3/t20-/m0/s1. The highest BCUT2D eigenvalue weighted by molar-refractivity contribution is 5.68. The Morgan fingerprint density at radius 2 is 2.07 bits per heavy atom. The van der Waals surface area contributed by atoms with Crippen LogP contribution in [0.2, 0.25) is 0 Å². The van der Waals surface area contributed by atoms with E-state index in [1.807, 2.05) is 18.2 Å². The van der Waals surface area contributed by atoms with Gasteiger partial charge in [-0.05, 0) is 25.8 Å². The summed E-state index contributed by atoms with van der Waals surface area (Å²) in [7, 11) is 0. The van der Waals surface area contributed by atoms with Gasteiger partial charge >= 0.3 is 0 Å². The molecule has 0 saturated carbocycles. The van der Waals surface area contributed by atoms with Crippen molar-refractivity contribution in [3.05, 3.63) is 48.6 Å². The number of hydrogen-bond donors (Lipinski definition) is 1. The van der Waals surface area contributed by atoms with Crippen LogP contribution in [0.1, 0.15) is 31.7 Å². The Bertz CT molecular complexity index is 741. The van der Waals surface area contributed by atoms with Crippen molar-refractivity contribution in [1.82, 2.24) is 10.1 Å². The van der Waals surface area contributed by atoms with Crippen molar-refractivity contribution < 1.29 is 14.4 Å². The van der Waals surface area contributed by atoms with E-state index < -0.39 is 6.10 Å². The van der Waals surface area contributed by atoms with Crippen molar-refractivity contribution in [3.8, 4) is 11.3 Å². The van der Waals surface area contributed by atoms with Gasteiger partial charge in [-0.2, -0.15) is 0 Å². The van der Waals surface area contributed by atoms with Gasteiger partial charge in [0.2, 0.25) is 5.88 Å². The number of aliphatic hydroxyl groups is 1. The summed E-state index contributed by atoms with van der Waals surface area (Å²) < 4.78 is 11.3. The molecule has 3 rings (SSSR count). The first kappa shape index (κ1) is 21.6. The Morgan fingerprint density at radius 1 is 1.31 bits per heavy atom. The SMILES string of the molecule is C=CCOC[C@@H](O)CN(CCC)Cc1c(-c2ccccc2)noc1N1CCCC1. The molecule has 1 saturated heterocycles. The number of ether oxygens (including phenoxy) is 1. The molecule has 1 aliphatic heterocycles. The summed E-state index contributed by atoms with van der Waals surface area (Å²) in [5.41, 5.74) is 3.06. The maximum atomic E-state index is 10.4. The minimum atomic E-state index is -0.545. The summed E-state index contributed by atoms with van der Waals surface area (Å²) >= 11 is 0. The molecule has 0 bridgehead atoms. The largest absolute Gasteiger partial charge is 0.389 e. The second kappa shape index (κ2) is 11.1. The number of nitrogens with zero attached hydrogens (tertiary/aromatic N) is 3. The van der Waals surface area contributed by atoms with Gasteiger partial charge in [0.05, 0.1) is 24.9 Å². The van der Waals surface area contributed by atoms with Crippen LogP contribution in [-0.2, 0) is 11.3 Å². The van der Waals surface area contributed by atoms with Crippen LogP contribution in [0, 0.1) is 0 Å². The zero-order valence-electron chi connectivity index (χ0n) is 17.4. The summed E-state index contributed by atoms with van der Waals surface area (Å²) in [5, 5.41) is 14.9. The third-order valence-corrected chi connectivity index (χ3v) is 5.14. The fourth-order valence-corrected chi connectivity index (χ4v) is 3.85. The highest BCUT2D eigenvalue weighted by Gasteiger charge is 2.26. The van der Waals surface area contributed by atoms with E-state index in [-0.39, 0.29) is 0 Å². The molecule has 0 unspecified atom stereocenters. The van der Waals surface area contributed by atoms with E-state index in [1.54, 1.807) is 6.08 Å². The smallest absolute Gasteiger partial charge is 0.232 e. The minimum absolute atomic E-state index is 0.306. The zero-order chi connectivity index (χ0) is 20.5. The molecule has 158 valence electrons. The van der Waals surface area contributed by atoms with Crippen LogP contribution in [0.4, 0.5) is 5.88 Å². The monoisotopic (exact) mass is 399 g/mol. The lowest BCUT2D eigenvalue weighted by Gasteiger charge is -2.25. The van der Waals surface area contributed by atoms with Gasteiger partial charge < -0.3 is 19.3 Å². The van der Waals surface area contributed by atoms with Crippen LogP contribution in [0.25, 0.3) is 11.3 Å². The number of aromatic nitrogens is 1. The van der Waals surface area contributed by atoms with Crippen LogP contribution in [0.15, 0.2) is 47.5 Å². The normalized spacial score (nSPS) is 15.2. The van der Waals surface area contributed by atoms with E-state index in [0.717, 1.165) is 48.8 Å². The van der Waals surface area contributed by atoms with E-state index in [9.17, 15) is 5.11 Å². The molecule has 6 nitrogen and oxygen atoms in total. The Morgan fingerprint density at radius 3 is 2.76 bits per heavy atom. The number of benzene rings is 1. The molecule has 1 fully saturated rings. The van der Waals surface area contributed by atoms with E-state index in [1.165, 1.54) is 12.8 Å². The second-order valence-electron chi connectivity index (χ2n) is 7.59. The Kier molecular flexibility index (Phi) is 8.28. The van der Waals surface area contributed by atoms with Gasteiger partial charge in [0.15, 0.2) is 0 Å². The summed E-state index contributed by atoms with van der Waals surface area (Å²) in [4.78, 5) is 4.56.